The van der Waals surface area contributed by atoms with Crippen LogP contribution in [0.15, 0.2) is 42.5 Å². The van der Waals surface area contributed by atoms with E-state index in [-0.39, 0.29) is 0 Å². The van der Waals surface area contributed by atoms with Gasteiger partial charge in [0.15, 0.2) is 0 Å². The molecular formula is C13H13ClN2O. The van der Waals surface area contributed by atoms with Crippen LogP contribution in [0.3, 0.4) is 0 Å². The number of aliphatic hydroxyl groups is 1. The van der Waals surface area contributed by atoms with E-state index >= 15 is 0 Å². The molecule has 0 radical (unpaired) electrons. The average Bonchev–Trinajstić information content (AvgIpc) is 2.33. The first-order valence-corrected chi connectivity index (χ1v) is 5.54. The number of hydrogen-bond acceptors (Lipinski definition) is 3. The number of nitrogens with two attached hydrogens (primary N) is 2. The van der Waals surface area contributed by atoms with Crippen LogP contribution in [0.5, 0.6) is 0 Å². The summed E-state index contributed by atoms with van der Waals surface area (Å²) in [5, 5.41) is 10.6. The Morgan fingerprint density at radius 1 is 0.941 bits per heavy atom. The van der Waals surface area contributed by atoms with Gasteiger partial charge in [0.2, 0.25) is 0 Å². The first kappa shape index (κ1) is 11.8. The van der Waals surface area contributed by atoms with Gasteiger partial charge in [-0.25, -0.2) is 0 Å². The van der Waals surface area contributed by atoms with Gasteiger partial charge in [0, 0.05) is 5.69 Å². The Morgan fingerprint density at radius 3 is 2.12 bits per heavy atom. The maximum Gasteiger partial charge on any atom is 0.104 e. The predicted molar refractivity (Wildman–Crippen MR) is 70.8 cm³/mol. The minimum absolute atomic E-state index is 0.457. The standard InChI is InChI=1S/C13H13ClN2O/c14-11-6-3-9(7-12(11)16)13(17)8-1-4-10(15)5-2-8/h1-7,13,17H,15-16H2. The summed E-state index contributed by atoms with van der Waals surface area (Å²) >= 11 is 5.83. The number of rotatable bonds is 2. The number of aliphatic hydroxyl groups excluding tert-OH is 1. The molecule has 0 amide bonds. The highest BCUT2D eigenvalue weighted by atomic mass is 35.5. The van der Waals surface area contributed by atoms with Gasteiger partial charge in [-0.2, -0.15) is 0 Å². The summed E-state index contributed by atoms with van der Waals surface area (Å²) in [6.45, 7) is 0. The van der Waals surface area contributed by atoms with Crippen LogP contribution in [-0.2, 0) is 0 Å². The van der Waals surface area contributed by atoms with Gasteiger partial charge in [0.05, 0.1) is 10.7 Å². The van der Waals surface area contributed by atoms with Gasteiger partial charge >= 0.3 is 0 Å². The summed E-state index contributed by atoms with van der Waals surface area (Å²) in [7, 11) is 0. The number of halogens is 1. The molecule has 17 heavy (non-hydrogen) atoms. The Hall–Kier alpha value is -1.71. The van der Waals surface area contributed by atoms with Crippen LogP contribution in [0.4, 0.5) is 11.4 Å². The largest absolute Gasteiger partial charge is 0.399 e. The topological polar surface area (TPSA) is 72.3 Å². The first-order chi connectivity index (χ1) is 8.08. The van der Waals surface area contributed by atoms with Crippen LogP contribution >= 0.6 is 11.6 Å². The number of anilines is 2. The fourth-order valence-electron chi connectivity index (χ4n) is 1.60. The van der Waals surface area contributed by atoms with Crippen LogP contribution < -0.4 is 11.5 Å². The molecular weight excluding hydrogens is 236 g/mol. The van der Waals surface area contributed by atoms with Crippen LogP contribution in [-0.4, -0.2) is 5.11 Å². The lowest BCUT2D eigenvalue weighted by molar-refractivity contribution is 0.220. The molecule has 1 atom stereocenters. The van der Waals surface area contributed by atoms with Gasteiger partial charge in [0.1, 0.15) is 6.10 Å². The van der Waals surface area contributed by atoms with Crippen molar-refractivity contribution < 1.29 is 5.11 Å². The van der Waals surface area contributed by atoms with E-state index in [2.05, 4.69) is 0 Å². The second-order valence-corrected chi connectivity index (χ2v) is 4.26. The number of hydrogen-bond donors (Lipinski definition) is 3. The van der Waals surface area contributed by atoms with E-state index in [1.54, 1.807) is 42.5 Å². The second-order valence-electron chi connectivity index (χ2n) is 3.85. The zero-order valence-corrected chi connectivity index (χ0v) is 9.85. The van der Waals surface area contributed by atoms with E-state index in [1.807, 2.05) is 0 Å². The molecule has 0 saturated heterocycles. The van der Waals surface area contributed by atoms with E-state index in [9.17, 15) is 5.11 Å². The van der Waals surface area contributed by atoms with E-state index in [4.69, 9.17) is 23.1 Å². The third-order valence-electron chi connectivity index (χ3n) is 2.59. The van der Waals surface area contributed by atoms with Crippen molar-refractivity contribution in [3.8, 4) is 0 Å². The lowest BCUT2D eigenvalue weighted by Gasteiger charge is -2.12. The predicted octanol–water partition coefficient (Wildman–Crippen LogP) is 2.59. The zero-order chi connectivity index (χ0) is 12.4. The van der Waals surface area contributed by atoms with Gasteiger partial charge in [-0.1, -0.05) is 29.8 Å². The van der Waals surface area contributed by atoms with Gasteiger partial charge in [0.25, 0.3) is 0 Å². The highest BCUT2D eigenvalue weighted by Gasteiger charge is 2.11. The summed E-state index contributed by atoms with van der Waals surface area (Å²) in [4.78, 5) is 0. The summed E-state index contributed by atoms with van der Waals surface area (Å²) in [6.07, 6.45) is -0.727. The van der Waals surface area contributed by atoms with Crippen LogP contribution in [0.2, 0.25) is 5.02 Å². The van der Waals surface area contributed by atoms with Crippen molar-refractivity contribution in [1.82, 2.24) is 0 Å². The fourth-order valence-corrected chi connectivity index (χ4v) is 1.72. The van der Waals surface area contributed by atoms with Crippen molar-refractivity contribution >= 4 is 23.0 Å². The monoisotopic (exact) mass is 248 g/mol. The molecule has 5 N–H and O–H groups in total. The van der Waals surface area contributed by atoms with Gasteiger partial charge < -0.3 is 16.6 Å². The van der Waals surface area contributed by atoms with Crippen molar-refractivity contribution in [3.05, 3.63) is 58.6 Å². The summed E-state index contributed by atoms with van der Waals surface area (Å²) in [5.41, 5.74) is 13.9. The van der Waals surface area contributed by atoms with Crippen molar-refractivity contribution in [2.45, 2.75) is 6.10 Å². The van der Waals surface area contributed by atoms with Crippen LogP contribution in [0.25, 0.3) is 0 Å². The minimum atomic E-state index is -0.727. The third-order valence-corrected chi connectivity index (χ3v) is 2.93. The Labute approximate surface area is 105 Å². The normalized spacial score (nSPS) is 12.4. The Bertz CT molecular complexity index is 525. The van der Waals surface area contributed by atoms with Gasteiger partial charge in [-0.15, -0.1) is 0 Å². The smallest absolute Gasteiger partial charge is 0.104 e. The SMILES string of the molecule is Nc1ccc(C(O)c2ccc(Cl)c(N)c2)cc1. The molecule has 0 bridgehead atoms. The molecule has 88 valence electrons. The van der Waals surface area contributed by atoms with Crippen molar-refractivity contribution in [3.63, 3.8) is 0 Å². The molecule has 0 aliphatic rings. The Morgan fingerprint density at radius 2 is 1.53 bits per heavy atom. The Balaban J connectivity index is 2.33. The van der Waals surface area contributed by atoms with Gasteiger partial charge in [-0.3, -0.25) is 0 Å². The van der Waals surface area contributed by atoms with Gasteiger partial charge in [-0.05, 0) is 35.4 Å². The van der Waals surface area contributed by atoms with E-state index < -0.39 is 6.10 Å². The Kier molecular flexibility index (Phi) is 3.22. The average molecular weight is 249 g/mol. The summed E-state index contributed by atoms with van der Waals surface area (Å²) in [6, 6.07) is 12.2. The van der Waals surface area contributed by atoms with Crippen molar-refractivity contribution in [2.75, 3.05) is 11.5 Å². The molecule has 0 fully saturated rings. The molecule has 3 nitrogen and oxygen atoms in total. The zero-order valence-electron chi connectivity index (χ0n) is 9.10. The maximum absolute atomic E-state index is 10.2. The number of nitrogen functional groups attached to an aromatic ring is 2. The summed E-state index contributed by atoms with van der Waals surface area (Å²) < 4.78 is 0. The van der Waals surface area contributed by atoms with Crippen LogP contribution in [0, 0.1) is 0 Å². The molecule has 0 aliphatic heterocycles. The van der Waals surface area contributed by atoms with Crippen molar-refractivity contribution in [1.29, 1.82) is 0 Å². The molecule has 0 aromatic heterocycles. The number of benzene rings is 2. The van der Waals surface area contributed by atoms with Crippen molar-refractivity contribution in [2.24, 2.45) is 0 Å². The molecule has 2 aromatic carbocycles. The lowest BCUT2D eigenvalue weighted by atomic mass is 10.0. The second kappa shape index (κ2) is 4.65. The molecule has 0 heterocycles. The highest BCUT2D eigenvalue weighted by Crippen LogP contribution is 2.27. The molecule has 0 spiro atoms. The third kappa shape index (κ3) is 2.52. The molecule has 0 aliphatic carbocycles. The molecule has 0 saturated carbocycles. The molecule has 2 rings (SSSR count). The van der Waals surface area contributed by atoms with Crippen LogP contribution in [0.1, 0.15) is 17.2 Å². The van der Waals surface area contributed by atoms with E-state index in [1.165, 1.54) is 0 Å². The fraction of sp³-hybridized carbons (Fsp3) is 0.0769. The maximum atomic E-state index is 10.2. The quantitative estimate of drug-likeness (QED) is 0.716. The summed E-state index contributed by atoms with van der Waals surface area (Å²) in [5.74, 6) is 0. The molecule has 2 aromatic rings. The highest BCUT2D eigenvalue weighted by molar-refractivity contribution is 6.33. The van der Waals surface area contributed by atoms with E-state index in [0.29, 0.717) is 22.0 Å². The molecule has 1 unspecified atom stereocenters. The van der Waals surface area contributed by atoms with E-state index in [0.717, 1.165) is 5.56 Å². The first-order valence-electron chi connectivity index (χ1n) is 5.16. The minimum Gasteiger partial charge on any atom is -0.399 e. The molecule has 4 heteroatoms. The lowest BCUT2D eigenvalue weighted by Crippen LogP contribution is -2.01.